The molecule has 0 fully saturated rings. The van der Waals surface area contributed by atoms with Gasteiger partial charge >= 0.3 is 0 Å². The molecular weight excluding hydrogens is 486 g/mol. The highest BCUT2D eigenvalue weighted by molar-refractivity contribution is 6.36. The first kappa shape index (κ1) is 26.7. The Labute approximate surface area is 216 Å². The molecule has 2 amide bonds. The third-order valence-electron chi connectivity index (χ3n) is 5.46. The number of carbonyl (C=O) groups is 2. The third kappa shape index (κ3) is 7.55. The van der Waals surface area contributed by atoms with Crippen LogP contribution in [0.5, 0.6) is 0 Å². The predicted octanol–water partition coefficient (Wildman–Crippen LogP) is 6.23. The Hall–Kier alpha value is -2.89. The second-order valence-electron chi connectivity index (χ2n) is 9.43. The molecule has 4 nitrogen and oxygen atoms in total. The van der Waals surface area contributed by atoms with Crippen molar-refractivity contribution in [3.05, 3.63) is 105 Å². The van der Waals surface area contributed by atoms with Gasteiger partial charge in [0.25, 0.3) is 0 Å². The average molecular weight is 515 g/mol. The van der Waals surface area contributed by atoms with Crippen LogP contribution < -0.4 is 5.32 Å². The van der Waals surface area contributed by atoms with Gasteiger partial charge in [-0.3, -0.25) is 9.59 Å². The molecule has 0 saturated heterocycles. The molecule has 7 heteroatoms. The van der Waals surface area contributed by atoms with Gasteiger partial charge in [-0.25, -0.2) is 4.39 Å². The van der Waals surface area contributed by atoms with Gasteiger partial charge in [0.05, 0.1) is 6.42 Å². The van der Waals surface area contributed by atoms with E-state index in [-0.39, 0.29) is 30.9 Å². The van der Waals surface area contributed by atoms with Gasteiger partial charge in [0.15, 0.2) is 0 Å². The fraction of sp³-hybridized carbons (Fsp3) is 0.286. The molecule has 35 heavy (non-hydrogen) atoms. The number of rotatable bonds is 8. The van der Waals surface area contributed by atoms with Crippen LogP contribution in [0.3, 0.4) is 0 Å². The molecule has 3 rings (SSSR count). The van der Waals surface area contributed by atoms with Crippen molar-refractivity contribution >= 4 is 35.0 Å². The first-order chi connectivity index (χ1) is 16.5. The molecule has 3 aromatic carbocycles. The van der Waals surface area contributed by atoms with Gasteiger partial charge < -0.3 is 10.2 Å². The molecule has 0 aromatic heterocycles. The Morgan fingerprint density at radius 1 is 0.914 bits per heavy atom. The summed E-state index contributed by atoms with van der Waals surface area (Å²) in [6, 6.07) is 19.8. The number of amides is 2. The SMILES string of the molecule is CC(C)(C)NC(=O)[C@H](Cc1ccccc1)N(Cc1c(Cl)cccc1Cl)C(=O)Cc1ccccc1F. The van der Waals surface area contributed by atoms with Gasteiger partial charge in [0.2, 0.25) is 11.8 Å². The largest absolute Gasteiger partial charge is 0.350 e. The molecule has 0 aliphatic heterocycles. The molecule has 0 aliphatic carbocycles. The third-order valence-corrected chi connectivity index (χ3v) is 6.17. The molecule has 3 aromatic rings. The van der Waals surface area contributed by atoms with Crippen LogP contribution in [0, 0.1) is 5.82 Å². The van der Waals surface area contributed by atoms with Gasteiger partial charge in [0, 0.05) is 34.1 Å². The summed E-state index contributed by atoms with van der Waals surface area (Å²) >= 11 is 12.9. The highest BCUT2D eigenvalue weighted by Crippen LogP contribution is 2.28. The molecule has 184 valence electrons. The van der Waals surface area contributed by atoms with Crippen LogP contribution >= 0.6 is 23.2 Å². The molecule has 0 heterocycles. The lowest BCUT2D eigenvalue weighted by Gasteiger charge is -2.34. The number of nitrogens with one attached hydrogen (secondary N) is 1. The summed E-state index contributed by atoms with van der Waals surface area (Å²) in [6.45, 7) is 5.63. The molecule has 0 unspecified atom stereocenters. The Morgan fingerprint density at radius 3 is 2.11 bits per heavy atom. The topological polar surface area (TPSA) is 49.4 Å². The minimum Gasteiger partial charge on any atom is -0.350 e. The molecule has 0 bridgehead atoms. The normalized spacial score (nSPS) is 12.2. The van der Waals surface area contributed by atoms with Crippen LogP contribution in [0.25, 0.3) is 0 Å². The van der Waals surface area contributed by atoms with Crippen LogP contribution in [0.1, 0.15) is 37.5 Å². The fourth-order valence-electron chi connectivity index (χ4n) is 3.77. The number of hydrogen-bond acceptors (Lipinski definition) is 2. The maximum Gasteiger partial charge on any atom is 0.243 e. The zero-order valence-electron chi connectivity index (χ0n) is 20.0. The van der Waals surface area contributed by atoms with Crippen molar-refractivity contribution in [2.45, 2.75) is 51.7 Å². The molecular formula is C28H29Cl2FN2O2. The predicted molar refractivity (Wildman–Crippen MR) is 139 cm³/mol. The van der Waals surface area contributed by atoms with Gasteiger partial charge in [-0.1, -0.05) is 77.8 Å². The number of benzene rings is 3. The van der Waals surface area contributed by atoms with Crippen LogP contribution in [0.2, 0.25) is 10.0 Å². The molecule has 0 radical (unpaired) electrons. The van der Waals surface area contributed by atoms with E-state index in [1.54, 1.807) is 36.4 Å². The zero-order valence-corrected chi connectivity index (χ0v) is 21.5. The van der Waals surface area contributed by atoms with Crippen LogP contribution in [0.15, 0.2) is 72.8 Å². The Bertz CT molecular complexity index is 1160. The molecule has 1 atom stereocenters. The van der Waals surface area contributed by atoms with E-state index in [0.29, 0.717) is 15.6 Å². The van der Waals surface area contributed by atoms with E-state index in [0.717, 1.165) is 5.56 Å². The number of halogens is 3. The fourth-order valence-corrected chi connectivity index (χ4v) is 4.28. The second-order valence-corrected chi connectivity index (χ2v) is 10.2. The molecule has 1 N–H and O–H groups in total. The Morgan fingerprint density at radius 2 is 1.51 bits per heavy atom. The van der Waals surface area contributed by atoms with Crippen molar-refractivity contribution < 1.29 is 14.0 Å². The summed E-state index contributed by atoms with van der Waals surface area (Å²) < 4.78 is 14.4. The van der Waals surface area contributed by atoms with Crippen molar-refractivity contribution in [1.82, 2.24) is 10.2 Å². The van der Waals surface area contributed by atoms with E-state index in [1.807, 2.05) is 51.1 Å². The van der Waals surface area contributed by atoms with E-state index >= 15 is 0 Å². The molecule has 0 spiro atoms. The minimum absolute atomic E-state index is 0.000849. The van der Waals surface area contributed by atoms with E-state index in [1.165, 1.54) is 11.0 Å². The van der Waals surface area contributed by atoms with Gasteiger partial charge in [-0.05, 0) is 50.1 Å². The van der Waals surface area contributed by atoms with E-state index < -0.39 is 23.3 Å². The summed E-state index contributed by atoms with van der Waals surface area (Å²) in [5, 5.41) is 3.76. The first-order valence-electron chi connectivity index (χ1n) is 11.4. The zero-order chi connectivity index (χ0) is 25.6. The molecule has 0 aliphatic rings. The highest BCUT2D eigenvalue weighted by Gasteiger charge is 2.33. The monoisotopic (exact) mass is 514 g/mol. The van der Waals surface area contributed by atoms with E-state index in [9.17, 15) is 14.0 Å². The lowest BCUT2D eigenvalue weighted by Crippen LogP contribution is -2.54. The first-order valence-corrected chi connectivity index (χ1v) is 12.1. The lowest BCUT2D eigenvalue weighted by atomic mass is 9.99. The van der Waals surface area contributed by atoms with Crippen molar-refractivity contribution in [2.24, 2.45) is 0 Å². The van der Waals surface area contributed by atoms with Gasteiger partial charge in [-0.15, -0.1) is 0 Å². The summed E-state index contributed by atoms with van der Waals surface area (Å²) in [6.07, 6.45) is 0.0661. The summed E-state index contributed by atoms with van der Waals surface area (Å²) in [5.74, 6) is -1.20. The number of nitrogens with zero attached hydrogens (tertiary/aromatic N) is 1. The molecule has 0 saturated carbocycles. The highest BCUT2D eigenvalue weighted by atomic mass is 35.5. The van der Waals surface area contributed by atoms with E-state index in [4.69, 9.17) is 23.2 Å². The maximum absolute atomic E-state index is 14.4. The van der Waals surface area contributed by atoms with Gasteiger partial charge in [-0.2, -0.15) is 0 Å². The van der Waals surface area contributed by atoms with Crippen LogP contribution in [-0.4, -0.2) is 28.3 Å². The summed E-state index contributed by atoms with van der Waals surface area (Å²) in [7, 11) is 0. The van der Waals surface area contributed by atoms with Crippen molar-refractivity contribution in [3.8, 4) is 0 Å². The number of hydrogen-bond donors (Lipinski definition) is 1. The van der Waals surface area contributed by atoms with Crippen molar-refractivity contribution in [1.29, 1.82) is 0 Å². The van der Waals surface area contributed by atoms with E-state index in [2.05, 4.69) is 5.32 Å². The number of carbonyl (C=O) groups excluding carboxylic acids is 2. The van der Waals surface area contributed by atoms with Crippen molar-refractivity contribution in [3.63, 3.8) is 0 Å². The van der Waals surface area contributed by atoms with Crippen LogP contribution in [0.4, 0.5) is 4.39 Å². The quantitative estimate of drug-likeness (QED) is 0.387. The van der Waals surface area contributed by atoms with Gasteiger partial charge in [0.1, 0.15) is 11.9 Å². The summed E-state index contributed by atoms with van der Waals surface area (Å²) in [5.41, 5.74) is 1.14. The van der Waals surface area contributed by atoms with Crippen LogP contribution in [-0.2, 0) is 29.0 Å². The standard InChI is InChI=1S/C28H29Cl2FN2O2/c1-28(2,3)32-27(35)25(16-19-10-5-4-6-11-19)33(18-21-22(29)13-9-14-23(21)30)26(34)17-20-12-7-8-15-24(20)31/h4-15,25H,16-18H2,1-3H3,(H,32,35)/t25-/m0/s1. The smallest absolute Gasteiger partial charge is 0.243 e. The lowest BCUT2D eigenvalue weighted by molar-refractivity contribution is -0.141. The Balaban J connectivity index is 2.05. The maximum atomic E-state index is 14.4. The summed E-state index contributed by atoms with van der Waals surface area (Å²) in [4.78, 5) is 28.7. The average Bonchev–Trinajstić information content (AvgIpc) is 2.79. The minimum atomic E-state index is -0.872. The van der Waals surface area contributed by atoms with Crippen molar-refractivity contribution in [2.75, 3.05) is 0 Å². The Kier molecular flexibility index (Phi) is 8.92. The second kappa shape index (κ2) is 11.7.